The Morgan fingerprint density at radius 3 is 2.44 bits per heavy atom. The van der Waals surface area contributed by atoms with Gasteiger partial charge < -0.3 is 14.6 Å². The number of benzene rings is 1. The summed E-state index contributed by atoms with van der Waals surface area (Å²) in [5.41, 5.74) is 1.33. The lowest BCUT2D eigenvalue weighted by Crippen LogP contribution is -2.32. The number of carbonyl (C=O) groups is 2. The number of hydrogen-bond acceptors (Lipinski definition) is 7. The molecular weight excluding hydrogens is 408 g/mol. The minimum Gasteiger partial charge on any atom is -0.494 e. The van der Waals surface area contributed by atoms with Crippen molar-refractivity contribution in [3.8, 4) is 17.1 Å². The first-order chi connectivity index (χ1) is 15.5. The van der Waals surface area contributed by atoms with Crippen molar-refractivity contribution in [3.63, 3.8) is 0 Å². The molecule has 1 N–H and O–H groups in total. The van der Waals surface area contributed by atoms with Gasteiger partial charge in [0.05, 0.1) is 6.61 Å². The molecule has 2 aromatic heterocycles. The third-order valence-corrected chi connectivity index (χ3v) is 4.86. The predicted octanol–water partition coefficient (Wildman–Crippen LogP) is 4.40. The smallest absolute Gasteiger partial charge is 0.249 e. The number of carbonyl (C=O) groups excluding carboxylic acids is 2. The summed E-state index contributed by atoms with van der Waals surface area (Å²) in [7, 11) is 0. The Hall–Kier alpha value is -3.55. The number of nitrogens with zero attached hydrogens (tertiary/aromatic N) is 3. The third-order valence-electron chi connectivity index (χ3n) is 4.86. The zero-order valence-corrected chi connectivity index (χ0v) is 18.6. The number of ether oxygens (including phenoxy) is 1. The van der Waals surface area contributed by atoms with Crippen LogP contribution in [-0.2, 0) is 4.79 Å². The number of ketones is 1. The maximum Gasteiger partial charge on any atom is 0.249 e. The molecule has 1 unspecified atom stereocenters. The number of hydrogen-bond donors (Lipinski definition) is 1. The van der Waals surface area contributed by atoms with E-state index < -0.39 is 6.04 Å². The molecule has 8 nitrogen and oxygen atoms in total. The summed E-state index contributed by atoms with van der Waals surface area (Å²) in [4.78, 5) is 33.4. The van der Waals surface area contributed by atoms with Crippen LogP contribution in [0.1, 0.15) is 62.3 Å². The highest BCUT2D eigenvalue weighted by atomic mass is 16.5. The van der Waals surface area contributed by atoms with Crippen LogP contribution in [0.3, 0.4) is 0 Å². The Kier molecular flexibility index (Phi) is 8.08. The summed E-state index contributed by atoms with van der Waals surface area (Å²) in [6.07, 6.45) is 4.40. The number of amides is 1. The van der Waals surface area contributed by atoms with Crippen LogP contribution in [0.2, 0.25) is 0 Å². The molecule has 0 saturated heterocycles. The van der Waals surface area contributed by atoms with Gasteiger partial charge in [0.1, 0.15) is 11.8 Å². The predicted molar refractivity (Wildman–Crippen MR) is 119 cm³/mol. The second-order valence-corrected chi connectivity index (χ2v) is 7.78. The first kappa shape index (κ1) is 23.1. The van der Waals surface area contributed by atoms with E-state index >= 15 is 0 Å². The number of aromatic nitrogens is 3. The molecule has 2 heterocycles. The van der Waals surface area contributed by atoms with Crippen molar-refractivity contribution in [1.29, 1.82) is 0 Å². The highest BCUT2D eigenvalue weighted by Crippen LogP contribution is 2.23. The van der Waals surface area contributed by atoms with Crippen molar-refractivity contribution < 1.29 is 18.8 Å². The van der Waals surface area contributed by atoms with Crippen LogP contribution in [0.25, 0.3) is 11.4 Å². The van der Waals surface area contributed by atoms with Gasteiger partial charge in [-0.05, 0) is 48.7 Å². The molecule has 0 radical (unpaired) electrons. The summed E-state index contributed by atoms with van der Waals surface area (Å²) >= 11 is 0. The maximum atomic E-state index is 12.5. The zero-order chi connectivity index (χ0) is 22.9. The number of Topliss-reactive ketones (excluding diaryl/α,β-unsaturated/α-hetero) is 1. The largest absolute Gasteiger partial charge is 0.494 e. The fraction of sp³-hybridized carbons (Fsp3) is 0.375. The van der Waals surface area contributed by atoms with E-state index in [9.17, 15) is 9.59 Å². The van der Waals surface area contributed by atoms with Crippen LogP contribution in [-0.4, -0.2) is 33.4 Å². The summed E-state index contributed by atoms with van der Waals surface area (Å²) in [5.74, 6) is 1.17. The van der Waals surface area contributed by atoms with E-state index in [4.69, 9.17) is 9.26 Å². The first-order valence-electron chi connectivity index (χ1n) is 10.8. The van der Waals surface area contributed by atoms with Gasteiger partial charge in [0, 0.05) is 36.4 Å². The van der Waals surface area contributed by atoms with Gasteiger partial charge in [0.2, 0.25) is 17.6 Å². The molecule has 0 fully saturated rings. The Morgan fingerprint density at radius 2 is 1.78 bits per heavy atom. The molecule has 0 saturated carbocycles. The van der Waals surface area contributed by atoms with Crippen molar-refractivity contribution in [1.82, 2.24) is 20.4 Å². The Morgan fingerprint density at radius 1 is 1.06 bits per heavy atom. The summed E-state index contributed by atoms with van der Waals surface area (Å²) < 4.78 is 10.9. The SMILES string of the molecule is CCCOc1ccc(C(=O)CCC(=O)NC(c2nc(-c3ccncc3)no2)C(C)C)cc1. The van der Waals surface area contributed by atoms with Gasteiger partial charge in [-0.25, -0.2) is 0 Å². The van der Waals surface area contributed by atoms with Gasteiger partial charge in [0.25, 0.3) is 0 Å². The second-order valence-electron chi connectivity index (χ2n) is 7.78. The Labute approximate surface area is 187 Å². The number of pyridine rings is 1. The van der Waals surface area contributed by atoms with E-state index in [1.165, 1.54) is 0 Å². The molecule has 3 aromatic rings. The minimum atomic E-state index is -0.448. The van der Waals surface area contributed by atoms with Crippen molar-refractivity contribution in [2.75, 3.05) is 6.61 Å². The molecule has 8 heteroatoms. The fourth-order valence-corrected chi connectivity index (χ4v) is 3.07. The van der Waals surface area contributed by atoms with E-state index in [-0.39, 0.29) is 30.4 Å². The first-order valence-corrected chi connectivity index (χ1v) is 10.8. The summed E-state index contributed by atoms with van der Waals surface area (Å²) in [5, 5.41) is 6.92. The summed E-state index contributed by atoms with van der Waals surface area (Å²) in [6, 6.07) is 10.1. The number of rotatable bonds is 11. The second kappa shape index (κ2) is 11.2. The lowest BCUT2D eigenvalue weighted by atomic mass is 10.0. The molecule has 0 aliphatic carbocycles. The van der Waals surface area contributed by atoms with Gasteiger partial charge in [0.15, 0.2) is 5.78 Å². The highest BCUT2D eigenvalue weighted by molar-refractivity contribution is 5.98. The maximum absolute atomic E-state index is 12.5. The van der Waals surface area contributed by atoms with Gasteiger partial charge in [-0.15, -0.1) is 0 Å². The molecule has 1 amide bonds. The van der Waals surface area contributed by atoms with Crippen LogP contribution in [0.4, 0.5) is 0 Å². The molecule has 0 aliphatic rings. The van der Waals surface area contributed by atoms with Gasteiger partial charge in [-0.1, -0.05) is 25.9 Å². The zero-order valence-electron chi connectivity index (χ0n) is 18.6. The van der Waals surface area contributed by atoms with Crippen molar-refractivity contribution in [2.24, 2.45) is 5.92 Å². The third kappa shape index (κ3) is 6.23. The van der Waals surface area contributed by atoms with Crippen LogP contribution < -0.4 is 10.1 Å². The Bertz CT molecular complexity index is 1020. The quantitative estimate of drug-likeness (QED) is 0.444. The molecule has 0 aliphatic heterocycles. The average Bonchev–Trinajstić information content (AvgIpc) is 3.30. The molecule has 168 valence electrons. The molecular formula is C24H28N4O4. The van der Waals surface area contributed by atoms with Crippen molar-refractivity contribution in [3.05, 3.63) is 60.2 Å². The highest BCUT2D eigenvalue weighted by Gasteiger charge is 2.25. The summed E-state index contributed by atoms with van der Waals surface area (Å²) in [6.45, 7) is 6.57. The van der Waals surface area contributed by atoms with E-state index in [0.29, 0.717) is 23.9 Å². The van der Waals surface area contributed by atoms with Crippen LogP contribution >= 0.6 is 0 Å². The fourth-order valence-electron chi connectivity index (χ4n) is 3.07. The monoisotopic (exact) mass is 436 g/mol. The van der Waals surface area contributed by atoms with E-state index in [1.807, 2.05) is 20.8 Å². The molecule has 1 atom stereocenters. The lowest BCUT2D eigenvalue weighted by molar-refractivity contribution is -0.122. The van der Waals surface area contributed by atoms with Crippen LogP contribution in [0.5, 0.6) is 5.75 Å². The molecule has 3 rings (SSSR count). The van der Waals surface area contributed by atoms with E-state index in [0.717, 1.165) is 17.7 Å². The normalized spacial score (nSPS) is 11.9. The molecule has 0 spiro atoms. The topological polar surface area (TPSA) is 107 Å². The minimum absolute atomic E-state index is 0.0241. The lowest BCUT2D eigenvalue weighted by Gasteiger charge is -2.18. The molecule has 1 aromatic carbocycles. The van der Waals surface area contributed by atoms with Crippen molar-refractivity contribution in [2.45, 2.75) is 46.1 Å². The van der Waals surface area contributed by atoms with E-state index in [2.05, 4.69) is 20.4 Å². The van der Waals surface area contributed by atoms with Crippen LogP contribution in [0.15, 0.2) is 53.3 Å². The van der Waals surface area contributed by atoms with Gasteiger partial charge in [-0.3, -0.25) is 14.6 Å². The average molecular weight is 437 g/mol. The van der Waals surface area contributed by atoms with Gasteiger partial charge in [-0.2, -0.15) is 4.98 Å². The van der Waals surface area contributed by atoms with Gasteiger partial charge >= 0.3 is 0 Å². The Balaban J connectivity index is 1.56. The molecule has 32 heavy (non-hydrogen) atoms. The standard InChI is InChI=1S/C24H28N4O4/c1-4-15-31-19-7-5-17(6-8-19)20(29)9-10-21(30)26-22(16(2)3)24-27-23(28-32-24)18-11-13-25-14-12-18/h5-8,11-14,16,22H,4,9-10,15H2,1-3H3,(H,26,30). The van der Waals surface area contributed by atoms with E-state index in [1.54, 1.807) is 48.8 Å². The van der Waals surface area contributed by atoms with Crippen LogP contribution in [0, 0.1) is 5.92 Å². The van der Waals surface area contributed by atoms with Crippen molar-refractivity contribution >= 4 is 11.7 Å². The molecule has 0 bridgehead atoms. The number of nitrogens with one attached hydrogen (secondary N) is 1.